The minimum atomic E-state index is -0.497. The van der Waals surface area contributed by atoms with Crippen molar-refractivity contribution < 1.29 is 9.52 Å². The maximum Gasteiger partial charge on any atom is 0.347 e. The van der Waals surface area contributed by atoms with E-state index in [1.165, 1.54) is 6.26 Å². The Morgan fingerprint density at radius 3 is 2.79 bits per heavy atom. The molecule has 0 aliphatic heterocycles. The van der Waals surface area contributed by atoms with Crippen molar-refractivity contribution in [3.63, 3.8) is 0 Å². The first-order chi connectivity index (χ1) is 6.61. The van der Waals surface area contributed by atoms with E-state index in [9.17, 15) is 9.90 Å². The van der Waals surface area contributed by atoms with E-state index >= 15 is 0 Å². The zero-order valence-corrected chi connectivity index (χ0v) is 8.00. The van der Waals surface area contributed by atoms with Crippen LogP contribution < -0.4 is 5.63 Å². The van der Waals surface area contributed by atoms with Crippen molar-refractivity contribution in [1.29, 1.82) is 0 Å². The van der Waals surface area contributed by atoms with Crippen LogP contribution in [0.1, 0.15) is 11.1 Å². The van der Waals surface area contributed by atoms with Crippen LogP contribution in [0.5, 0.6) is 5.75 Å². The molecule has 0 bridgehead atoms. The largest absolute Gasteiger partial charge is 0.507 e. The van der Waals surface area contributed by atoms with Crippen LogP contribution in [-0.2, 0) is 0 Å². The predicted octanol–water partition coefficient (Wildman–Crippen LogP) is 2.12. The Labute approximate surface area is 80.6 Å². The van der Waals surface area contributed by atoms with Crippen molar-refractivity contribution in [2.45, 2.75) is 13.8 Å². The fraction of sp³-hybridized carbons (Fsp3) is 0.182. The summed E-state index contributed by atoms with van der Waals surface area (Å²) >= 11 is 0. The molecule has 0 saturated heterocycles. The molecule has 1 aromatic heterocycles. The first-order valence-corrected chi connectivity index (χ1v) is 4.32. The number of fused-ring (bicyclic) bond motifs is 1. The predicted molar refractivity (Wildman–Crippen MR) is 53.6 cm³/mol. The molecular formula is C11H10O3. The Morgan fingerprint density at radius 2 is 2.07 bits per heavy atom. The van der Waals surface area contributed by atoms with Crippen LogP contribution in [0, 0.1) is 13.8 Å². The van der Waals surface area contributed by atoms with Crippen molar-refractivity contribution >= 4 is 10.8 Å². The number of benzene rings is 1. The molecule has 0 aliphatic rings. The first kappa shape index (κ1) is 8.81. The van der Waals surface area contributed by atoms with Gasteiger partial charge >= 0.3 is 5.63 Å². The molecule has 1 aromatic carbocycles. The van der Waals surface area contributed by atoms with Crippen molar-refractivity contribution in [3.05, 3.63) is 39.9 Å². The highest BCUT2D eigenvalue weighted by Gasteiger charge is 2.10. The van der Waals surface area contributed by atoms with Gasteiger partial charge in [-0.25, -0.2) is 4.79 Å². The van der Waals surface area contributed by atoms with E-state index in [1.807, 2.05) is 13.0 Å². The van der Waals surface area contributed by atoms with Gasteiger partial charge in [0, 0.05) is 0 Å². The molecule has 3 heteroatoms. The summed E-state index contributed by atoms with van der Waals surface area (Å²) in [7, 11) is 0. The molecule has 14 heavy (non-hydrogen) atoms. The summed E-state index contributed by atoms with van der Waals surface area (Å²) in [5.74, 6) is 0.0225. The van der Waals surface area contributed by atoms with E-state index in [2.05, 4.69) is 0 Å². The second-order valence-electron chi connectivity index (χ2n) is 3.34. The summed E-state index contributed by atoms with van der Waals surface area (Å²) in [6, 6.07) is 3.53. The Kier molecular flexibility index (Phi) is 1.81. The van der Waals surface area contributed by atoms with Gasteiger partial charge in [-0.3, -0.25) is 0 Å². The Morgan fingerprint density at radius 1 is 1.36 bits per heavy atom. The van der Waals surface area contributed by atoms with Crippen molar-refractivity contribution in [2.24, 2.45) is 0 Å². The van der Waals surface area contributed by atoms with E-state index in [4.69, 9.17) is 4.42 Å². The maximum absolute atomic E-state index is 11.3. The molecule has 0 unspecified atom stereocenters. The normalized spacial score (nSPS) is 10.7. The molecule has 0 saturated carbocycles. The topological polar surface area (TPSA) is 50.4 Å². The SMILES string of the molecule is Cc1cc2ccoc(=O)c2c(O)c1C. The summed E-state index contributed by atoms with van der Waals surface area (Å²) in [5, 5.41) is 10.7. The third-order valence-corrected chi connectivity index (χ3v) is 2.47. The first-order valence-electron chi connectivity index (χ1n) is 4.32. The highest BCUT2D eigenvalue weighted by Crippen LogP contribution is 2.28. The lowest BCUT2D eigenvalue weighted by Gasteiger charge is -2.05. The van der Waals surface area contributed by atoms with Crippen LogP contribution in [0.25, 0.3) is 10.8 Å². The summed E-state index contributed by atoms with van der Waals surface area (Å²) < 4.78 is 4.70. The quantitative estimate of drug-likeness (QED) is 0.692. The third kappa shape index (κ3) is 1.09. The summed E-state index contributed by atoms with van der Waals surface area (Å²) in [4.78, 5) is 11.3. The molecule has 2 aromatic rings. The van der Waals surface area contributed by atoms with Gasteiger partial charge in [-0.15, -0.1) is 0 Å². The van der Waals surface area contributed by atoms with E-state index < -0.39 is 5.63 Å². The summed E-state index contributed by atoms with van der Waals surface area (Å²) in [5.41, 5.74) is 1.18. The van der Waals surface area contributed by atoms with Gasteiger partial charge in [0.15, 0.2) is 0 Å². The van der Waals surface area contributed by atoms with Crippen LogP contribution in [0.2, 0.25) is 0 Å². The molecule has 0 amide bonds. The zero-order valence-electron chi connectivity index (χ0n) is 8.00. The van der Waals surface area contributed by atoms with E-state index in [-0.39, 0.29) is 11.1 Å². The number of phenols is 1. The van der Waals surface area contributed by atoms with Crippen LogP contribution in [0.15, 0.2) is 27.6 Å². The van der Waals surface area contributed by atoms with Crippen molar-refractivity contribution in [1.82, 2.24) is 0 Å². The van der Waals surface area contributed by atoms with Gasteiger partial charge in [0.25, 0.3) is 0 Å². The van der Waals surface area contributed by atoms with Gasteiger partial charge < -0.3 is 9.52 Å². The Hall–Kier alpha value is -1.77. The Bertz CT molecular complexity index is 552. The van der Waals surface area contributed by atoms with E-state index in [0.717, 1.165) is 11.1 Å². The molecule has 72 valence electrons. The van der Waals surface area contributed by atoms with E-state index in [0.29, 0.717) is 5.39 Å². The van der Waals surface area contributed by atoms with Crippen molar-refractivity contribution in [2.75, 3.05) is 0 Å². The Balaban J connectivity index is 3.07. The lowest BCUT2D eigenvalue weighted by atomic mass is 10.0. The fourth-order valence-electron chi connectivity index (χ4n) is 1.50. The molecule has 1 heterocycles. The number of phenolic OH excluding ortho intramolecular Hbond substituents is 1. The van der Waals surface area contributed by atoms with E-state index in [1.54, 1.807) is 13.0 Å². The number of hydrogen-bond acceptors (Lipinski definition) is 3. The monoisotopic (exact) mass is 190 g/mol. The molecule has 1 N–H and O–H groups in total. The molecule has 0 spiro atoms. The van der Waals surface area contributed by atoms with Gasteiger partial charge in [0.2, 0.25) is 0 Å². The molecule has 0 atom stereocenters. The molecule has 0 fully saturated rings. The minimum Gasteiger partial charge on any atom is -0.507 e. The standard InChI is InChI=1S/C11H10O3/c1-6-5-8-3-4-14-11(13)9(8)10(12)7(6)2/h3-5,12H,1-2H3. The van der Waals surface area contributed by atoms with Gasteiger partial charge in [-0.2, -0.15) is 0 Å². The number of hydrogen-bond donors (Lipinski definition) is 1. The highest BCUT2D eigenvalue weighted by atomic mass is 16.4. The van der Waals surface area contributed by atoms with Crippen molar-refractivity contribution in [3.8, 4) is 5.75 Å². The average Bonchev–Trinajstić information content (AvgIpc) is 2.14. The van der Waals surface area contributed by atoms with Gasteiger partial charge in [-0.05, 0) is 36.4 Å². The summed E-state index contributed by atoms with van der Waals surface area (Å²) in [6.07, 6.45) is 1.33. The van der Waals surface area contributed by atoms with Gasteiger partial charge in [0.05, 0.1) is 6.26 Å². The lowest BCUT2D eigenvalue weighted by Crippen LogP contribution is -2.00. The zero-order chi connectivity index (χ0) is 10.3. The number of aryl methyl sites for hydroxylation is 1. The van der Waals surface area contributed by atoms with Crippen LogP contribution in [0.3, 0.4) is 0 Å². The molecular weight excluding hydrogens is 180 g/mol. The van der Waals surface area contributed by atoms with Gasteiger partial charge in [0.1, 0.15) is 11.1 Å². The average molecular weight is 190 g/mol. The number of aromatic hydroxyl groups is 1. The lowest BCUT2D eigenvalue weighted by molar-refractivity contribution is 0.469. The maximum atomic E-state index is 11.3. The van der Waals surface area contributed by atoms with Gasteiger partial charge in [-0.1, -0.05) is 6.07 Å². The third-order valence-electron chi connectivity index (χ3n) is 2.47. The minimum absolute atomic E-state index is 0.0225. The fourth-order valence-corrected chi connectivity index (χ4v) is 1.50. The number of rotatable bonds is 0. The molecule has 0 aliphatic carbocycles. The molecule has 3 nitrogen and oxygen atoms in total. The van der Waals surface area contributed by atoms with Crippen LogP contribution >= 0.6 is 0 Å². The smallest absolute Gasteiger partial charge is 0.347 e. The van der Waals surface area contributed by atoms with Crippen LogP contribution in [-0.4, -0.2) is 5.11 Å². The summed E-state index contributed by atoms with van der Waals surface area (Å²) in [6.45, 7) is 3.67. The molecule has 0 radical (unpaired) electrons. The second kappa shape index (κ2) is 2.87. The van der Waals surface area contributed by atoms with Crippen LogP contribution in [0.4, 0.5) is 0 Å². The molecule has 2 rings (SSSR count). The highest BCUT2D eigenvalue weighted by molar-refractivity contribution is 5.88. The second-order valence-corrected chi connectivity index (χ2v) is 3.34.